The Morgan fingerprint density at radius 2 is 2.10 bits per heavy atom. The Hall–Kier alpha value is -2.08. The minimum Gasteiger partial charge on any atom is -0.478 e. The van der Waals surface area contributed by atoms with Gasteiger partial charge in [0.1, 0.15) is 0 Å². The van der Waals surface area contributed by atoms with Crippen molar-refractivity contribution in [3.05, 3.63) is 35.4 Å². The van der Waals surface area contributed by atoms with Gasteiger partial charge in [-0.3, -0.25) is 0 Å². The van der Waals surface area contributed by atoms with Gasteiger partial charge in [-0.2, -0.15) is 0 Å². The molecule has 0 bridgehead atoms. The standard InChI is InChI=1S/C15H20N2O4/c1-21-13-7-9-17(10-13)15(20)16-8-6-11-2-4-12(5-3-11)14(18)19/h2-5,13H,6-10H2,1H3,(H,16,20)(H,18,19). The van der Waals surface area contributed by atoms with Gasteiger partial charge in [-0.15, -0.1) is 0 Å². The van der Waals surface area contributed by atoms with E-state index >= 15 is 0 Å². The Kier molecular flexibility index (Phi) is 5.16. The lowest BCUT2D eigenvalue weighted by molar-refractivity contribution is 0.0697. The maximum Gasteiger partial charge on any atom is 0.335 e. The Bertz CT molecular complexity index is 501. The minimum absolute atomic E-state index is 0.0725. The molecule has 2 N–H and O–H groups in total. The number of rotatable bonds is 5. The fourth-order valence-electron chi connectivity index (χ4n) is 2.34. The normalized spacial score (nSPS) is 17.8. The molecule has 0 radical (unpaired) electrons. The summed E-state index contributed by atoms with van der Waals surface area (Å²) in [5.74, 6) is -0.934. The van der Waals surface area contributed by atoms with Crippen molar-refractivity contribution < 1.29 is 19.4 Å². The molecular formula is C15H20N2O4. The lowest BCUT2D eigenvalue weighted by Gasteiger charge is -2.17. The van der Waals surface area contributed by atoms with Crippen molar-refractivity contribution in [2.75, 3.05) is 26.7 Å². The number of amides is 2. The van der Waals surface area contributed by atoms with Gasteiger partial charge in [0.15, 0.2) is 0 Å². The number of benzene rings is 1. The Balaban J connectivity index is 1.74. The van der Waals surface area contributed by atoms with E-state index in [1.54, 1.807) is 36.3 Å². The molecule has 6 nitrogen and oxygen atoms in total. The van der Waals surface area contributed by atoms with Gasteiger partial charge in [-0.1, -0.05) is 12.1 Å². The van der Waals surface area contributed by atoms with Crippen LogP contribution < -0.4 is 5.32 Å². The summed E-state index contributed by atoms with van der Waals surface area (Å²) in [7, 11) is 1.66. The van der Waals surface area contributed by atoms with Crippen molar-refractivity contribution in [3.63, 3.8) is 0 Å². The molecule has 1 heterocycles. The zero-order chi connectivity index (χ0) is 15.2. The Labute approximate surface area is 123 Å². The van der Waals surface area contributed by atoms with Crippen molar-refractivity contribution >= 4 is 12.0 Å². The first kappa shape index (κ1) is 15.3. The molecule has 1 fully saturated rings. The van der Waals surface area contributed by atoms with Crippen LogP contribution in [0.5, 0.6) is 0 Å². The first-order valence-electron chi connectivity index (χ1n) is 6.98. The van der Waals surface area contributed by atoms with E-state index in [2.05, 4.69) is 5.32 Å². The SMILES string of the molecule is COC1CCN(C(=O)NCCc2ccc(C(=O)O)cc2)C1. The van der Waals surface area contributed by atoms with Crippen LogP contribution in [0.4, 0.5) is 4.79 Å². The van der Waals surface area contributed by atoms with E-state index in [9.17, 15) is 9.59 Å². The average molecular weight is 292 g/mol. The van der Waals surface area contributed by atoms with Crippen LogP contribution >= 0.6 is 0 Å². The molecule has 114 valence electrons. The van der Waals surface area contributed by atoms with Crippen LogP contribution in [0.15, 0.2) is 24.3 Å². The molecule has 0 aromatic heterocycles. The van der Waals surface area contributed by atoms with Gasteiger partial charge in [0, 0.05) is 26.7 Å². The predicted molar refractivity (Wildman–Crippen MR) is 77.5 cm³/mol. The summed E-state index contributed by atoms with van der Waals surface area (Å²) in [4.78, 5) is 24.4. The van der Waals surface area contributed by atoms with Crippen LogP contribution in [0.3, 0.4) is 0 Å². The number of nitrogens with one attached hydrogen (secondary N) is 1. The number of nitrogens with zero attached hydrogens (tertiary/aromatic N) is 1. The number of carbonyl (C=O) groups excluding carboxylic acids is 1. The third-order valence-electron chi connectivity index (χ3n) is 3.66. The molecular weight excluding hydrogens is 272 g/mol. The summed E-state index contributed by atoms with van der Waals surface area (Å²) >= 11 is 0. The summed E-state index contributed by atoms with van der Waals surface area (Å²) in [5, 5.41) is 11.7. The van der Waals surface area contributed by atoms with Gasteiger partial charge < -0.3 is 20.1 Å². The molecule has 1 unspecified atom stereocenters. The molecule has 0 saturated carbocycles. The monoisotopic (exact) mass is 292 g/mol. The number of carbonyl (C=O) groups is 2. The van der Waals surface area contributed by atoms with Crippen LogP contribution in [0.25, 0.3) is 0 Å². The van der Waals surface area contributed by atoms with Gasteiger partial charge in [-0.05, 0) is 30.5 Å². The maximum atomic E-state index is 11.9. The molecule has 0 spiro atoms. The molecule has 1 atom stereocenters. The number of hydrogen-bond donors (Lipinski definition) is 2. The van der Waals surface area contributed by atoms with E-state index in [0.29, 0.717) is 19.5 Å². The summed E-state index contributed by atoms with van der Waals surface area (Å²) < 4.78 is 5.23. The topological polar surface area (TPSA) is 78.9 Å². The molecule has 1 aliphatic heterocycles. The maximum absolute atomic E-state index is 11.9. The number of ether oxygens (including phenoxy) is 1. The second kappa shape index (κ2) is 7.08. The van der Waals surface area contributed by atoms with Crippen LogP contribution in [-0.2, 0) is 11.2 Å². The quantitative estimate of drug-likeness (QED) is 0.859. The summed E-state index contributed by atoms with van der Waals surface area (Å²) in [6.45, 7) is 1.88. The first-order chi connectivity index (χ1) is 10.1. The van der Waals surface area contributed by atoms with Crippen molar-refractivity contribution in [1.29, 1.82) is 0 Å². The van der Waals surface area contributed by atoms with Crippen molar-refractivity contribution in [2.24, 2.45) is 0 Å². The van der Waals surface area contributed by atoms with E-state index in [0.717, 1.165) is 18.5 Å². The van der Waals surface area contributed by atoms with E-state index < -0.39 is 5.97 Å². The highest BCUT2D eigenvalue weighted by atomic mass is 16.5. The number of aromatic carboxylic acids is 1. The first-order valence-corrected chi connectivity index (χ1v) is 6.98. The van der Waals surface area contributed by atoms with Crippen molar-refractivity contribution in [2.45, 2.75) is 18.9 Å². The molecule has 1 aliphatic rings. The highest BCUT2D eigenvalue weighted by Crippen LogP contribution is 2.11. The van der Waals surface area contributed by atoms with Gasteiger partial charge in [0.25, 0.3) is 0 Å². The van der Waals surface area contributed by atoms with Crippen molar-refractivity contribution in [1.82, 2.24) is 10.2 Å². The van der Waals surface area contributed by atoms with Crippen LogP contribution in [0, 0.1) is 0 Å². The highest BCUT2D eigenvalue weighted by Gasteiger charge is 2.25. The third-order valence-corrected chi connectivity index (χ3v) is 3.66. The number of carboxylic acids is 1. The van der Waals surface area contributed by atoms with Crippen LogP contribution in [-0.4, -0.2) is 54.9 Å². The van der Waals surface area contributed by atoms with Gasteiger partial charge in [0.05, 0.1) is 11.7 Å². The zero-order valence-corrected chi connectivity index (χ0v) is 12.0. The third kappa shape index (κ3) is 4.19. The number of urea groups is 1. The van der Waals surface area contributed by atoms with E-state index in [4.69, 9.17) is 9.84 Å². The number of hydrogen-bond acceptors (Lipinski definition) is 3. The van der Waals surface area contributed by atoms with Crippen LogP contribution in [0.1, 0.15) is 22.3 Å². The fourth-order valence-corrected chi connectivity index (χ4v) is 2.34. The molecule has 6 heteroatoms. The smallest absolute Gasteiger partial charge is 0.335 e. The largest absolute Gasteiger partial charge is 0.478 e. The molecule has 2 amide bonds. The van der Waals surface area contributed by atoms with E-state index in [1.165, 1.54) is 0 Å². The Morgan fingerprint density at radius 3 is 2.67 bits per heavy atom. The second-order valence-electron chi connectivity index (χ2n) is 5.08. The molecule has 0 aliphatic carbocycles. The highest BCUT2D eigenvalue weighted by molar-refractivity contribution is 5.87. The lowest BCUT2D eigenvalue weighted by Crippen LogP contribution is -2.39. The number of carboxylic acid groups (broad SMARTS) is 1. The summed E-state index contributed by atoms with van der Waals surface area (Å²) in [5.41, 5.74) is 1.27. The molecule has 1 saturated heterocycles. The molecule has 1 aromatic carbocycles. The predicted octanol–water partition coefficient (Wildman–Crippen LogP) is 1.36. The van der Waals surface area contributed by atoms with Gasteiger partial charge >= 0.3 is 12.0 Å². The van der Waals surface area contributed by atoms with Gasteiger partial charge in [0.2, 0.25) is 0 Å². The molecule has 21 heavy (non-hydrogen) atoms. The summed E-state index contributed by atoms with van der Waals surface area (Å²) in [6, 6.07) is 6.61. The molecule has 2 rings (SSSR count). The van der Waals surface area contributed by atoms with E-state index in [1.807, 2.05) is 0 Å². The minimum atomic E-state index is -0.934. The fraction of sp³-hybridized carbons (Fsp3) is 0.467. The molecule has 1 aromatic rings. The van der Waals surface area contributed by atoms with Crippen LogP contribution in [0.2, 0.25) is 0 Å². The van der Waals surface area contributed by atoms with E-state index in [-0.39, 0.29) is 17.7 Å². The average Bonchev–Trinajstić information content (AvgIpc) is 2.96. The lowest BCUT2D eigenvalue weighted by atomic mass is 10.1. The zero-order valence-electron chi connectivity index (χ0n) is 12.0. The Morgan fingerprint density at radius 1 is 1.38 bits per heavy atom. The van der Waals surface area contributed by atoms with Gasteiger partial charge in [-0.25, -0.2) is 9.59 Å². The summed E-state index contributed by atoms with van der Waals surface area (Å²) in [6.07, 6.45) is 1.69. The second-order valence-corrected chi connectivity index (χ2v) is 5.08. The number of methoxy groups -OCH3 is 1. The van der Waals surface area contributed by atoms with Crippen molar-refractivity contribution in [3.8, 4) is 0 Å². The number of likely N-dealkylation sites (tertiary alicyclic amines) is 1.